The van der Waals surface area contributed by atoms with Gasteiger partial charge in [0.1, 0.15) is 12.6 Å². The van der Waals surface area contributed by atoms with Crippen LogP contribution in [0.5, 0.6) is 11.5 Å². The molecule has 178 valence electrons. The number of amides is 1. The predicted molar refractivity (Wildman–Crippen MR) is 127 cm³/mol. The molecule has 33 heavy (non-hydrogen) atoms. The van der Waals surface area contributed by atoms with Crippen molar-refractivity contribution < 1.29 is 22.7 Å². The normalized spacial score (nSPS) is 10.8. The van der Waals surface area contributed by atoms with Crippen molar-refractivity contribution in [1.82, 2.24) is 4.90 Å². The van der Waals surface area contributed by atoms with E-state index >= 15 is 0 Å². The van der Waals surface area contributed by atoms with Gasteiger partial charge in [-0.2, -0.15) is 5.26 Å². The molecule has 0 bridgehead atoms. The number of benzene rings is 2. The van der Waals surface area contributed by atoms with Gasteiger partial charge in [-0.05, 0) is 38.1 Å². The number of ether oxygens (including phenoxy) is 2. The van der Waals surface area contributed by atoms with Crippen molar-refractivity contribution in [3.8, 4) is 17.6 Å². The Hall–Kier alpha value is -3.45. The molecule has 2 rings (SSSR count). The van der Waals surface area contributed by atoms with Crippen LogP contribution in [-0.4, -0.2) is 67.2 Å². The minimum Gasteiger partial charge on any atom is -0.493 e. The van der Waals surface area contributed by atoms with E-state index in [4.69, 9.17) is 9.47 Å². The number of nitrogens with zero attached hydrogens (tertiary/aromatic N) is 4. The molecule has 0 saturated carbocycles. The van der Waals surface area contributed by atoms with Gasteiger partial charge >= 0.3 is 0 Å². The van der Waals surface area contributed by atoms with E-state index in [1.165, 1.54) is 38.5 Å². The van der Waals surface area contributed by atoms with Gasteiger partial charge in [-0.25, -0.2) is 8.42 Å². The van der Waals surface area contributed by atoms with Crippen molar-refractivity contribution in [2.75, 3.05) is 57.2 Å². The lowest BCUT2D eigenvalue weighted by Crippen LogP contribution is -2.43. The molecule has 0 spiro atoms. The average molecular weight is 475 g/mol. The highest BCUT2D eigenvalue weighted by Gasteiger charge is 2.32. The highest BCUT2D eigenvalue weighted by atomic mass is 32.2. The van der Waals surface area contributed by atoms with Crippen LogP contribution in [0.15, 0.2) is 41.3 Å². The molecule has 0 aromatic heterocycles. The predicted octanol–water partition coefficient (Wildman–Crippen LogP) is 2.71. The minimum absolute atomic E-state index is 0.0911. The average Bonchev–Trinajstić information content (AvgIpc) is 2.81. The number of hydrogen-bond acceptors (Lipinski definition) is 7. The topological polar surface area (TPSA) is 103 Å². The highest BCUT2D eigenvalue weighted by molar-refractivity contribution is 7.92. The molecule has 0 N–H and O–H groups in total. The molecule has 2 aromatic carbocycles. The van der Waals surface area contributed by atoms with Crippen LogP contribution in [0.1, 0.15) is 19.4 Å². The first kappa shape index (κ1) is 25.8. The van der Waals surface area contributed by atoms with Gasteiger partial charge in [0.15, 0.2) is 11.5 Å². The van der Waals surface area contributed by atoms with Crippen LogP contribution in [0.4, 0.5) is 11.4 Å². The number of sulfonamides is 1. The number of carbonyl (C=O) groups is 1. The summed E-state index contributed by atoms with van der Waals surface area (Å²) in [5.41, 5.74) is 0.815. The van der Waals surface area contributed by atoms with Crippen molar-refractivity contribution in [2.24, 2.45) is 0 Å². The number of likely N-dealkylation sites (N-methyl/N-ethyl adjacent to an activating group) is 1. The van der Waals surface area contributed by atoms with Crippen molar-refractivity contribution in [3.05, 3.63) is 42.0 Å². The van der Waals surface area contributed by atoms with E-state index in [0.717, 1.165) is 4.31 Å². The van der Waals surface area contributed by atoms with E-state index in [2.05, 4.69) is 6.07 Å². The second kappa shape index (κ2) is 10.9. The first-order valence-electron chi connectivity index (χ1n) is 10.4. The SMILES string of the molecule is CCN(CC)C(=O)CN(c1cccc(N(C)C)c1C#N)S(=O)(=O)c1ccc(OC)c(OC)c1. The third-order valence-electron chi connectivity index (χ3n) is 5.22. The Kier molecular flexibility index (Phi) is 8.54. The zero-order valence-electron chi connectivity index (χ0n) is 19.8. The molecule has 0 radical (unpaired) electrons. The molecular weight excluding hydrogens is 444 g/mol. The molecule has 0 aliphatic heterocycles. The monoisotopic (exact) mass is 474 g/mol. The summed E-state index contributed by atoms with van der Waals surface area (Å²) in [6.45, 7) is 4.05. The first-order chi connectivity index (χ1) is 15.7. The molecule has 0 unspecified atom stereocenters. The van der Waals surface area contributed by atoms with Crippen LogP contribution < -0.4 is 18.7 Å². The van der Waals surface area contributed by atoms with Crippen LogP contribution >= 0.6 is 0 Å². The van der Waals surface area contributed by atoms with Gasteiger partial charge in [0.2, 0.25) is 5.91 Å². The minimum atomic E-state index is -4.25. The summed E-state index contributed by atoms with van der Waals surface area (Å²) in [6, 6.07) is 11.2. The summed E-state index contributed by atoms with van der Waals surface area (Å²) < 4.78 is 39.1. The fourth-order valence-corrected chi connectivity index (χ4v) is 4.87. The Balaban J connectivity index is 2.75. The number of anilines is 2. The largest absolute Gasteiger partial charge is 0.493 e. The molecule has 0 heterocycles. The van der Waals surface area contributed by atoms with Gasteiger partial charge in [-0.3, -0.25) is 9.10 Å². The Morgan fingerprint density at radius 3 is 2.12 bits per heavy atom. The number of nitriles is 1. The van der Waals surface area contributed by atoms with Gasteiger partial charge in [0.25, 0.3) is 10.0 Å². The van der Waals surface area contributed by atoms with E-state index in [0.29, 0.717) is 24.5 Å². The lowest BCUT2D eigenvalue weighted by Gasteiger charge is -2.29. The molecule has 0 fully saturated rings. The quantitative estimate of drug-likeness (QED) is 0.522. The smallest absolute Gasteiger partial charge is 0.264 e. The number of carbonyl (C=O) groups excluding carboxylic acids is 1. The zero-order chi connectivity index (χ0) is 24.8. The summed E-state index contributed by atoms with van der Waals surface area (Å²) in [6.07, 6.45) is 0. The van der Waals surface area contributed by atoms with E-state index in [1.807, 2.05) is 13.8 Å². The third kappa shape index (κ3) is 5.31. The Labute approximate surface area is 195 Å². The summed E-state index contributed by atoms with van der Waals surface area (Å²) in [7, 11) is 2.12. The number of methoxy groups -OCH3 is 2. The molecular formula is C23H30N4O5S. The van der Waals surface area contributed by atoms with Crippen molar-refractivity contribution in [1.29, 1.82) is 5.26 Å². The lowest BCUT2D eigenvalue weighted by molar-refractivity contribution is -0.129. The van der Waals surface area contributed by atoms with Gasteiger partial charge < -0.3 is 19.3 Å². The molecule has 0 atom stereocenters. The Morgan fingerprint density at radius 2 is 1.61 bits per heavy atom. The van der Waals surface area contributed by atoms with E-state index < -0.39 is 16.6 Å². The van der Waals surface area contributed by atoms with Gasteiger partial charge in [0, 0.05) is 33.3 Å². The first-order valence-corrected chi connectivity index (χ1v) is 11.8. The van der Waals surface area contributed by atoms with Gasteiger partial charge in [-0.1, -0.05) is 6.07 Å². The van der Waals surface area contributed by atoms with Crippen LogP contribution in [-0.2, 0) is 14.8 Å². The maximum Gasteiger partial charge on any atom is 0.264 e. The summed E-state index contributed by atoms with van der Waals surface area (Å²) >= 11 is 0. The second-order valence-electron chi connectivity index (χ2n) is 7.27. The molecule has 9 nitrogen and oxygen atoms in total. The van der Waals surface area contributed by atoms with E-state index in [1.54, 1.807) is 36.0 Å². The lowest BCUT2D eigenvalue weighted by atomic mass is 10.1. The Morgan fingerprint density at radius 1 is 1.00 bits per heavy atom. The number of rotatable bonds is 10. The molecule has 0 aliphatic rings. The number of hydrogen-bond donors (Lipinski definition) is 0. The zero-order valence-corrected chi connectivity index (χ0v) is 20.6. The van der Waals surface area contributed by atoms with E-state index in [9.17, 15) is 18.5 Å². The van der Waals surface area contributed by atoms with E-state index in [-0.39, 0.29) is 27.8 Å². The summed E-state index contributed by atoms with van der Waals surface area (Å²) in [4.78, 5) is 16.2. The maximum atomic E-state index is 13.8. The van der Waals surface area contributed by atoms with Crippen LogP contribution in [0.25, 0.3) is 0 Å². The maximum absolute atomic E-state index is 13.8. The fourth-order valence-electron chi connectivity index (χ4n) is 3.43. The van der Waals surface area contributed by atoms with Crippen LogP contribution in [0.3, 0.4) is 0 Å². The van der Waals surface area contributed by atoms with Gasteiger partial charge in [0.05, 0.1) is 36.1 Å². The van der Waals surface area contributed by atoms with Crippen molar-refractivity contribution >= 4 is 27.3 Å². The van der Waals surface area contributed by atoms with Gasteiger partial charge in [-0.15, -0.1) is 0 Å². The van der Waals surface area contributed by atoms with Crippen LogP contribution in [0.2, 0.25) is 0 Å². The molecule has 0 saturated heterocycles. The summed E-state index contributed by atoms with van der Waals surface area (Å²) in [5.74, 6) is 0.230. The highest BCUT2D eigenvalue weighted by Crippen LogP contribution is 2.35. The molecule has 2 aromatic rings. The van der Waals surface area contributed by atoms with Crippen molar-refractivity contribution in [2.45, 2.75) is 18.7 Å². The molecule has 10 heteroatoms. The molecule has 0 aliphatic carbocycles. The summed E-state index contributed by atoms with van der Waals surface area (Å²) in [5, 5.41) is 9.89. The van der Waals surface area contributed by atoms with Crippen molar-refractivity contribution in [3.63, 3.8) is 0 Å². The molecule has 1 amide bonds. The third-order valence-corrected chi connectivity index (χ3v) is 6.98. The van der Waals surface area contributed by atoms with Crippen LogP contribution in [0, 0.1) is 11.3 Å². The standard InChI is InChI=1S/C23H30N4O5S/c1-7-26(8-2)23(28)16-27(20-11-9-10-19(25(3)4)18(20)15-24)33(29,30)17-12-13-21(31-5)22(14-17)32-6/h9-14H,7-8,16H2,1-6H3. The fraction of sp³-hybridized carbons (Fsp3) is 0.391. The second-order valence-corrected chi connectivity index (χ2v) is 9.13. The Bertz CT molecular complexity index is 1140.